The first-order chi connectivity index (χ1) is 11.9. The molecular formula is C16H9F4N5. The summed E-state index contributed by atoms with van der Waals surface area (Å²) in [4.78, 5) is 13.8. The monoisotopic (exact) mass is 347 g/mol. The number of imidazole rings is 1. The zero-order valence-corrected chi connectivity index (χ0v) is 12.4. The van der Waals surface area contributed by atoms with Crippen molar-refractivity contribution in [3.8, 4) is 0 Å². The van der Waals surface area contributed by atoms with Gasteiger partial charge >= 0.3 is 6.18 Å². The van der Waals surface area contributed by atoms with E-state index in [2.05, 4.69) is 25.3 Å². The van der Waals surface area contributed by atoms with Gasteiger partial charge in [-0.05, 0) is 30.3 Å². The molecule has 0 saturated heterocycles. The Bertz CT molecular complexity index is 1090. The number of alkyl halides is 3. The van der Waals surface area contributed by atoms with Gasteiger partial charge in [0.2, 0.25) is 5.82 Å². The van der Waals surface area contributed by atoms with Gasteiger partial charge in [0.25, 0.3) is 0 Å². The van der Waals surface area contributed by atoms with E-state index in [1.165, 1.54) is 18.5 Å². The van der Waals surface area contributed by atoms with Crippen LogP contribution in [0.2, 0.25) is 0 Å². The summed E-state index contributed by atoms with van der Waals surface area (Å²) in [5, 5.41) is 2.95. The molecule has 0 amide bonds. The van der Waals surface area contributed by atoms with E-state index >= 15 is 0 Å². The molecule has 126 valence electrons. The smallest absolute Gasteiger partial charge is 0.345 e. The molecular weight excluding hydrogens is 338 g/mol. The number of nitrogens with one attached hydrogen (secondary N) is 2. The molecule has 0 spiro atoms. The second kappa shape index (κ2) is 5.40. The number of rotatable bonds is 2. The number of para-hydroxylation sites is 1. The molecule has 0 aliphatic rings. The number of H-pyrrole nitrogens is 1. The van der Waals surface area contributed by atoms with Crippen LogP contribution in [0.1, 0.15) is 5.82 Å². The molecule has 0 saturated carbocycles. The number of aromatic nitrogens is 4. The Hall–Kier alpha value is -3.23. The number of hydrogen-bond acceptors (Lipinski definition) is 4. The lowest BCUT2D eigenvalue weighted by atomic mass is 10.2. The Morgan fingerprint density at radius 2 is 1.88 bits per heavy atom. The summed E-state index contributed by atoms with van der Waals surface area (Å²) in [6, 6.07) is 8.90. The van der Waals surface area contributed by atoms with Crippen LogP contribution >= 0.6 is 0 Å². The van der Waals surface area contributed by atoms with Gasteiger partial charge in [-0.15, -0.1) is 0 Å². The van der Waals surface area contributed by atoms with Crippen molar-refractivity contribution in [2.75, 3.05) is 5.32 Å². The summed E-state index contributed by atoms with van der Waals surface area (Å²) in [5.74, 6) is -2.39. The number of benzene rings is 2. The number of aromatic amines is 1. The summed E-state index contributed by atoms with van der Waals surface area (Å²) in [5.41, 5.74) is 1.50. The maximum absolute atomic E-state index is 13.9. The molecule has 4 aromatic rings. The van der Waals surface area contributed by atoms with E-state index in [1.807, 2.05) is 0 Å². The fourth-order valence-electron chi connectivity index (χ4n) is 2.49. The predicted molar refractivity (Wildman–Crippen MR) is 83.9 cm³/mol. The van der Waals surface area contributed by atoms with Crippen molar-refractivity contribution < 1.29 is 17.6 Å². The van der Waals surface area contributed by atoms with Crippen LogP contribution in [0, 0.1) is 5.82 Å². The lowest BCUT2D eigenvalue weighted by Gasteiger charge is -2.12. The third kappa shape index (κ3) is 2.73. The molecule has 0 unspecified atom stereocenters. The van der Waals surface area contributed by atoms with Crippen LogP contribution in [-0.2, 0) is 6.18 Å². The molecule has 0 bridgehead atoms. The van der Waals surface area contributed by atoms with E-state index < -0.39 is 23.3 Å². The first-order valence-electron chi connectivity index (χ1n) is 7.15. The van der Waals surface area contributed by atoms with Gasteiger partial charge in [0.1, 0.15) is 17.2 Å². The molecule has 25 heavy (non-hydrogen) atoms. The minimum atomic E-state index is -4.79. The third-order valence-electron chi connectivity index (χ3n) is 3.61. The summed E-state index contributed by atoms with van der Waals surface area (Å²) in [6.45, 7) is 0. The Balaban J connectivity index is 1.88. The number of halogens is 4. The quantitative estimate of drug-likeness (QED) is 0.527. The Morgan fingerprint density at radius 3 is 2.68 bits per heavy atom. The van der Waals surface area contributed by atoms with Gasteiger partial charge in [-0.1, -0.05) is 6.07 Å². The average molecular weight is 347 g/mol. The molecule has 0 aliphatic carbocycles. The lowest BCUT2D eigenvalue weighted by molar-refractivity contribution is -0.144. The van der Waals surface area contributed by atoms with Crippen LogP contribution in [0.25, 0.3) is 21.9 Å². The Morgan fingerprint density at radius 1 is 1.04 bits per heavy atom. The molecule has 4 rings (SSSR count). The highest BCUT2D eigenvalue weighted by Crippen LogP contribution is 2.32. The van der Waals surface area contributed by atoms with Gasteiger partial charge in [-0.25, -0.2) is 19.3 Å². The average Bonchev–Trinajstić information content (AvgIpc) is 3.02. The Labute approximate surface area is 137 Å². The van der Waals surface area contributed by atoms with E-state index in [0.29, 0.717) is 16.7 Å². The highest BCUT2D eigenvalue weighted by Gasteiger charge is 2.36. The number of anilines is 2. The number of nitrogens with zero attached hydrogens (tertiary/aromatic N) is 3. The molecule has 9 heteroatoms. The molecule has 2 heterocycles. The Kier molecular flexibility index (Phi) is 3.31. The van der Waals surface area contributed by atoms with Crippen LogP contribution in [0.3, 0.4) is 0 Å². The fourth-order valence-corrected chi connectivity index (χ4v) is 2.49. The van der Waals surface area contributed by atoms with Crippen LogP contribution in [0.15, 0.2) is 42.7 Å². The van der Waals surface area contributed by atoms with Gasteiger partial charge in [0.05, 0.1) is 17.4 Å². The van der Waals surface area contributed by atoms with Gasteiger partial charge in [-0.2, -0.15) is 13.2 Å². The van der Waals surface area contributed by atoms with E-state index in [4.69, 9.17) is 0 Å². The van der Waals surface area contributed by atoms with Crippen molar-refractivity contribution in [2.45, 2.75) is 6.18 Å². The number of hydrogen-bond donors (Lipinski definition) is 2. The van der Waals surface area contributed by atoms with Crippen molar-refractivity contribution in [3.63, 3.8) is 0 Å². The second-order valence-corrected chi connectivity index (χ2v) is 5.29. The van der Waals surface area contributed by atoms with E-state index in [1.54, 1.807) is 18.2 Å². The van der Waals surface area contributed by atoms with Crippen LogP contribution in [-0.4, -0.2) is 19.9 Å². The third-order valence-corrected chi connectivity index (χ3v) is 3.61. The summed E-state index contributed by atoms with van der Waals surface area (Å²) < 4.78 is 53.1. The van der Waals surface area contributed by atoms with Gasteiger partial charge < -0.3 is 10.3 Å². The molecule has 0 radical (unpaired) electrons. The molecule has 5 nitrogen and oxygen atoms in total. The zero-order valence-electron chi connectivity index (χ0n) is 12.4. The normalized spacial score (nSPS) is 12.0. The van der Waals surface area contributed by atoms with E-state index in [9.17, 15) is 17.6 Å². The summed E-state index contributed by atoms with van der Waals surface area (Å²) in [6.07, 6.45) is -3.29. The first-order valence-corrected chi connectivity index (χ1v) is 7.15. The molecule has 2 aromatic heterocycles. The minimum Gasteiger partial charge on any atom is -0.345 e. The van der Waals surface area contributed by atoms with Gasteiger partial charge in [-0.3, -0.25) is 0 Å². The highest BCUT2D eigenvalue weighted by molar-refractivity contribution is 5.92. The zero-order chi connectivity index (χ0) is 17.6. The summed E-state index contributed by atoms with van der Waals surface area (Å²) >= 11 is 0. The van der Waals surface area contributed by atoms with Crippen molar-refractivity contribution in [1.29, 1.82) is 0 Å². The first kappa shape index (κ1) is 15.3. The summed E-state index contributed by atoms with van der Waals surface area (Å²) in [7, 11) is 0. The van der Waals surface area contributed by atoms with E-state index in [-0.39, 0.29) is 11.2 Å². The van der Waals surface area contributed by atoms with Crippen molar-refractivity contribution >= 4 is 33.4 Å². The largest absolute Gasteiger partial charge is 0.451 e. The standard InChI is InChI=1S/C16H9F4N5/c17-10-3-1-2-9-13(10)24-15(16(18,19)20)25-14(9)23-8-4-5-11-12(6-8)22-7-21-11/h1-7H,(H,21,22)(H,23,24,25). The van der Waals surface area contributed by atoms with Crippen LogP contribution in [0.5, 0.6) is 0 Å². The molecule has 2 aromatic carbocycles. The minimum absolute atomic E-state index is 0.129. The molecule has 0 atom stereocenters. The molecule has 0 aliphatic heterocycles. The van der Waals surface area contributed by atoms with Crippen LogP contribution < -0.4 is 5.32 Å². The van der Waals surface area contributed by atoms with Crippen molar-refractivity contribution in [1.82, 2.24) is 19.9 Å². The van der Waals surface area contributed by atoms with Crippen molar-refractivity contribution in [3.05, 3.63) is 54.4 Å². The van der Waals surface area contributed by atoms with Gasteiger partial charge in [0.15, 0.2) is 0 Å². The van der Waals surface area contributed by atoms with Crippen molar-refractivity contribution in [2.24, 2.45) is 0 Å². The van der Waals surface area contributed by atoms with E-state index in [0.717, 1.165) is 6.07 Å². The SMILES string of the molecule is Fc1cccc2c(Nc3ccc4nc[nH]c4c3)nc(C(F)(F)F)nc12. The lowest BCUT2D eigenvalue weighted by Crippen LogP contribution is -2.13. The highest BCUT2D eigenvalue weighted by atomic mass is 19.4. The maximum Gasteiger partial charge on any atom is 0.451 e. The molecule has 2 N–H and O–H groups in total. The topological polar surface area (TPSA) is 66.5 Å². The molecule has 0 fully saturated rings. The van der Waals surface area contributed by atoms with Crippen LogP contribution in [0.4, 0.5) is 29.1 Å². The predicted octanol–water partition coefficient (Wildman–Crippen LogP) is 4.41. The van der Waals surface area contributed by atoms with Gasteiger partial charge in [0, 0.05) is 11.1 Å². The fraction of sp³-hybridized carbons (Fsp3) is 0.0625. The number of fused-ring (bicyclic) bond motifs is 2. The maximum atomic E-state index is 13.9. The second-order valence-electron chi connectivity index (χ2n) is 5.29.